The monoisotopic (exact) mass is 354 g/mol. The SMILES string of the molecule is O=C(Nc1cccnc1)NC1CCC(NC(=O)Nc2cccnc2)CC1. The van der Waals surface area contributed by atoms with Gasteiger partial charge in [-0.1, -0.05) is 0 Å². The fourth-order valence-electron chi connectivity index (χ4n) is 2.96. The zero-order valence-corrected chi connectivity index (χ0v) is 14.3. The highest BCUT2D eigenvalue weighted by molar-refractivity contribution is 5.89. The number of amides is 4. The largest absolute Gasteiger partial charge is 0.335 e. The molecule has 1 aliphatic carbocycles. The van der Waals surface area contributed by atoms with Crippen LogP contribution in [-0.2, 0) is 0 Å². The van der Waals surface area contributed by atoms with E-state index in [0.717, 1.165) is 25.7 Å². The number of urea groups is 2. The third-order valence-corrected chi connectivity index (χ3v) is 4.24. The highest BCUT2D eigenvalue weighted by Crippen LogP contribution is 2.19. The average molecular weight is 354 g/mol. The highest BCUT2D eigenvalue weighted by Gasteiger charge is 2.23. The lowest BCUT2D eigenvalue weighted by Crippen LogP contribution is -2.45. The Morgan fingerprint density at radius 1 is 0.769 bits per heavy atom. The highest BCUT2D eigenvalue weighted by atomic mass is 16.2. The molecule has 0 radical (unpaired) electrons. The molecular formula is C18H22N6O2. The molecule has 0 unspecified atom stereocenters. The fraction of sp³-hybridized carbons (Fsp3) is 0.333. The lowest BCUT2D eigenvalue weighted by Gasteiger charge is -2.29. The summed E-state index contributed by atoms with van der Waals surface area (Å²) in [5, 5.41) is 11.5. The second-order valence-electron chi connectivity index (χ2n) is 6.23. The van der Waals surface area contributed by atoms with Crippen molar-refractivity contribution in [1.29, 1.82) is 0 Å². The van der Waals surface area contributed by atoms with Gasteiger partial charge in [0.2, 0.25) is 0 Å². The second kappa shape index (κ2) is 8.80. The number of rotatable bonds is 4. The van der Waals surface area contributed by atoms with Crippen molar-refractivity contribution in [1.82, 2.24) is 20.6 Å². The molecule has 2 heterocycles. The molecule has 1 aliphatic rings. The quantitative estimate of drug-likeness (QED) is 0.677. The molecule has 0 saturated heterocycles. The van der Waals surface area contributed by atoms with Gasteiger partial charge in [-0.3, -0.25) is 9.97 Å². The molecule has 1 fully saturated rings. The second-order valence-corrected chi connectivity index (χ2v) is 6.23. The predicted molar refractivity (Wildman–Crippen MR) is 98.8 cm³/mol. The van der Waals surface area contributed by atoms with Crippen LogP contribution in [-0.4, -0.2) is 34.1 Å². The molecule has 0 bridgehead atoms. The first-order chi connectivity index (χ1) is 12.7. The Kier molecular flexibility index (Phi) is 5.97. The average Bonchev–Trinajstić information content (AvgIpc) is 2.65. The maximum atomic E-state index is 12.0. The number of nitrogens with one attached hydrogen (secondary N) is 4. The van der Waals surface area contributed by atoms with E-state index in [0.29, 0.717) is 11.4 Å². The number of anilines is 2. The van der Waals surface area contributed by atoms with E-state index in [1.165, 1.54) is 0 Å². The van der Waals surface area contributed by atoms with Gasteiger partial charge in [0.25, 0.3) is 0 Å². The summed E-state index contributed by atoms with van der Waals surface area (Å²) in [6.07, 6.45) is 9.78. The van der Waals surface area contributed by atoms with Gasteiger partial charge in [-0.15, -0.1) is 0 Å². The molecule has 4 amide bonds. The van der Waals surface area contributed by atoms with E-state index in [2.05, 4.69) is 31.2 Å². The first-order valence-corrected chi connectivity index (χ1v) is 8.64. The van der Waals surface area contributed by atoms with Crippen LogP contribution in [0.25, 0.3) is 0 Å². The van der Waals surface area contributed by atoms with Gasteiger partial charge in [0.05, 0.1) is 23.8 Å². The Hall–Kier alpha value is -3.16. The lowest BCUT2D eigenvalue weighted by atomic mass is 9.91. The van der Waals surface area contributed by atoms with Crippen molar-refractivity contribution in [2.75, 3.05) is 10.6 Å². The maximum Gasteiger partial charge on any atom is 0.319 e. The van der Waals surface area contributed by atoms with Crippen LogP contribution in [0.5, 0.6) is 0 Å². The molecule has 4 N–H and O–H groups in total. The van der Waals surface area contributed by atoms with Gasteiger partial charge in [0.1, 0.15) is 0 Å². The van der Waals surface area contributed by atoms with Gasteiger partial charge in [-0.05, 0) is 49.9 Å². The van der Waals surface area contributed by atoms with E-state index in [9.17, 15) is 9.59 Å². The Labute approximate surface area is 151 Å². The third-order valence-electron chi connectivity index (χ3n) is 4.24. The Morgan fingerprint density at radius 2 is 1.19 bits per heavy atom. The first-order valence-electron chi connectivity index (χ1n) is 8.64. The number of nitrogens with zero attached hydrogens (tertiary/aromatic N) is 2. The van der Waals surface area contributed by atoms with E-state index in [1.807, 2.05) is 0 Å². The Morgan fingerprint density at radius 3 is 1.54 bits per heavy atom. The van der Waals surface area contributed by atoms with Crippen LogP contribution < -0.4 is 21.3 Å². The van der Waals surface area contributed by atoms with Crippen molar-refractivity contribution >= 4 is 23.4 Å². The molecule has 0 aliphatic heterocycles. The molecule has 3 rings (SSSR count). The van der Waals surface area contributed by atoms with Gasteiger partial charge in [0.15, 0.2) is 0 Å². The Balaban J connectivity index is 1.37. The maximum absolute atomic E-state index is 12.0. The predicted octanol–water partition coefficient (Wildman–Crippen LogP) is 2.73. The lowest BCUT2D eigenvalue weighted by molar-refractivity contribution is 0.233. The summed E-state index contributed by atoms with van der Waals surface area (Å²) in [4.78, 5) is 31.9. The summed E-state index contributed by atoms with van der Waals surface area (Å²) in [5.41, 5.74) is 1.32. The van der Waals surface area contributed by atoms with E-state index in [-0.39, 0.29) is 24.1 Å². The zero-order valence-electron chi connectivity index (χ0n) is 14.3. The summed E-state index contributed by atoms with van der Waals surface area (Å²) in [6.45, 7) is 0. The van der Waals surface area contributed by atoms with Crippen molar-refractivity contribution in [3.05, 3.63) is 49.1 Å². The van der Waals surface area contributed by atoms with Crippen LogP contribution in [0.3, 0.4) is 0 Å². The normalized spacial score (nSPS) is 19.2. The zero-order chi connectivity index (χ0) is 18.2. The van der Waals surface area contributed by atoms with E-state index >= 15 is 0 Å². The number of hydrogen-bond donors (Lipinski definition) is 4. The molecule has 136 valence electrons. The summed E-state index contributed by atoms with van der Waals surface area (Å²) >= 11 is 0. The summed E-state index contributed by atoms with van der Waals surface area (Å²) in [7, 11) is 0. The molecule has 26 heavy (non-hydrogen) atoms. The van der Waals surface area contributed by atoms with Crippen LogP contribution in [0.4, 0.5) is 21.0 Å². The molecule has 0 aromatic carbocycles. The van der Waals surface area contributed by atoms with Crippen LogP contribution >= 0.6 is 0 Å². The topological polar surface area (TPSA) is 108 Å². The molecule has 1 saturated carbocycles. The molecule has 0 spiro atoms. The van der Waals surface area contributed by atoms with Crippen LogP contribution in [0.1, 0.15) is 25.7 Å². The molecule has 8 nitrogen and oxygen atoms in total. The van der Waals surface area contributed by atoms with Crippen molar-refractivity contribution in [2.24, 2.45) is 0 Å². The van der Waals surface area contributed by atoms with Gasteiger partial charge in [-0.25, -0.2) is 9.59 Å². The number of carbonyl (C=O) groups is 2. The Bertz CT molecular complexity index is 653. The third kappa shape index (κ3) is 5.44. The van der Waals surface area contributed by atoms with Crippen molar-refractivity contribution in [3.63, 3.8) is 0 Å². The first kappa shape index (κ1) is 17.7. The van der Waals surface area contributed by atoms with Crippen molar-refractivity contribution in [2.45, 2.75) is 37.8 Å². The molecule has 2 aromatic rings. The van der Waals surface area contributed by atoms with Crippen LogP contribution in [0.15, 0.2) is 49.1 Å². The van der Waals surface area contributed by atoms with Crippen LogP contribution in [0.2, 0.25) is 0 Å². The van der Waals surface area contributed by atoms with Crippen LogP contribution in [0, 0.1) is 0 Å². The van der Waals surface area contributed by atoms with E-state index < -0.39 is 0 Å². The summed E-state index contributed by atoms with van der Waals surface area (Å²) < 4.78 is 0. The van der Waals surface area contributed by atoms with Gasteiger partial charge in [0, 0.05) is 24.5 Å². The number of pyridine rings is 2. The number of carbonyl (C=O) groups excluding carboxylic acids is 2. The minimum atomic E-state index is -0.233. The smallest absolute Gasteiger partial charge is 0.319 e. The van der Waals surface area contributed by atoms with E-state index in [1.54, 1.807) is 49.1 Å². The van der Waals surface area contributed by atoms with Gasteiger partial charge >= 0.3 is 12.1 Å². The minimum Gasteiger partial charge on any atom is -0.335 e. The molecule has 0 atom stereocenters. The molecular weight excluding hydrogens is 332 g/mol. The van der Waals surface area contributed by atoms with Gasteiger partial charge < -0.3 is 21.3 Å². The van der Waals surface area contributed by atoms with E-state index in [4.69, 9.17) is 0 Å². The number of aromatic nitrogens is 2. The number of hydrogen-bond acceptors (Lipinski definition) is 4. The standard InChI is InChI=1S/C18H22N6O2/c25-17(23-15-3-1-9-19-11-15)21-13-5-7-14(8-6-13)22-18(26)24-16-4-2-10-20-12-16/h1-4,9-14H,5-8H2,(H2,21,23,25)(H2,22,24,26). The van der Waals surface area contributed by atoms with Crippen molar-refractivity contribution < 1.29 is 9.59 Å². The molecule has 2 aromatic heterocycles. The fourth-order valence-corrected chi connectivity index (χ4v) is 2.96. The van der Waals surface area contributed by atoms with Gasteiger partial charge in [-0.2, -0.15) is 0 Å². The molecule has 8 heteroatoms. The summed E-state index contributed by atoms with van der Waals surface area (Å²) in [6, 6.07) is 6.85. The summed E-state index contributed by atoms with van der Waals surface area (Å²) in [5.74, 6) is 0. The van der Waals surface area contributed by atoms with Crippen molar-refractivity contribution in [3.8, 4) is 0 Å². The minimum absolute atomic E-state index is 0.103.